The van der Waals surface area contributed by atoms with Crippen molar-refractivity contribution in [3.8, 4) is 5.75 Å². The van der Waals surface area contributed by atoms with Crippen LogP contribution < -0.4 is 15.8 Å². The second kappa shape index (κ2) is 8.53. The Morgan fingerprint density at radius 1 is 1.24 bits per heavy atom. The lowest BCUT2D eigenvalue weighted by atomic mass is 10.1. The summed E-state index contributed by atoms with van der Waals surface area (Å²) in [4.78, 5) is 24.3. The molecule has 2 rings (SSSR count). The predicted molar refractivity (Wildman–Crippen MR) is 96.6 cm³/mol. The molecule has 0 aliphatic carbocycles. The number of rotatable bonds is 7. The van der Waals surface area contributed by atoms with Crippen molar-refractivity contribution in [2.24, 2.45) is 5.73 Å². The normalized spacial score (nSPS) is 10.4. The summed E-state index contributed by atoms with van der Waals surface area (Å²) < 4.78 is 18.9. The molecule has 0 bridgehead atoms. The maximum Gasteiger partial charge on any atom is 0.248 e. The molecule has 0 fully saturated rings. The Morgan fingerprint density at radius 3 is 2.52 bits per heavy atom. The minimum atomic E-state index is -0.746. The first-order valence-electron chi connectivity index (χ1n) is 7.57. The molecule has 2 aromatic carbocycles. The van der Waals surface area contributed by atoms with E-state index in [2.05, 4.69) is 5.32 Å². The number of carbonyl (C=O) groups excluding carboxylic acids is 2. The highest BCUT2D eigenvalue weighted by Crippen LogP contribution is 2.23. The number of halogens is 1. The molecule has 0 saturated carbocycles. The molecule has 0 atom stereocenters. The molecule has 0 unspecified atom stereocenters. The first kappa shape index (κ1) is 18.8. The fourth-order valence-corrected chi connectivity index (χ4v) is 2.95. The van der Waals surface area contributed by atoms with Crippen molar-refractivity contribution in [2.75, 3.05) is 18.2 Å². The summed E-state index contributed by atoms with van der Waals surface area (Å²) >= 11 is 1.53. The highest BCUT2D eigenvalue weighted by atomic mass is 32.2. The van der Waals surface area contributed by atoms with E-state index in [0.29, 0.717) is 5.75 Å². The SMILES string of the molecule is COc1ccc(SCCC(=O)Nc2cc(C(N)=O)cc(F)c2C)cc1. The van der Waals surface area contributed by atoms with E-state index in [1.807, 2.05) is 24.3 Å². The van der Waals surface area contributed by atoms with E-state index < -0.39 is 11.7 Å². The summed E-state index contributed by atoms with van der Waals surface area (Å²) in [5.74, 6) is -0.252. The van der Waals surface area contributed by atoms with Crippen LogP contribution in [0, 0.1) is 12.7 Å². The summed E-state index contributed by atoms with van der Waals surface area (Å²) in [5, 5.41) is 2.63. The van der Waals surface area contributed by atoms with E-state index in [0.717, 1.165) is 16.7 Å². The highest BCUT2D eigenvalue weighted by Gasteiger charge is 2.12. The Balaban J connectivity index is 1.92. The number of methoxy groups -OCH3 is 1. The molecule has 0 radical (unpaired) electrons. The third-order valence-electron chi connectivity index (χ3n) is 3.56. The van der Waals surface area contributed by atoms with Gasteiger partial charge in [-0.3, -0.25) is 9.59 Å². The van der Waals surface area contributed by atoms with Crippen molar-refractivity contribution in [3.05, 3.63) is 53.3 Å². The summed E-state index contributed by atoms with van der Waals surface area (Å²) in [7, 11) is 1.60. The summed E-state index contributed by atoms with van der Waals surface area (Å²) in [6, 6.07) is 9.98. The van der Waals surface area contributed by atoms with E-state index in [1.54, 1.807) is 7.11 Å². The maximum absolute atomic E-state index is 13.8. The molecule has 0 saturated heterocycles. The summed E-state index contributed by atoms with van der Waals surface area (Å²) in [6.07, 6.45) is 0.249. The van der Waals surface area contributed by atoms with Crippen molar-refractivity contribution < 1.29 is 18.7 Å². The average Bonchev–Trinajstić information content (AvgIpc) is 2.59. The van der Waals surface area contributed by atoms with Gasteiger partial charge in [-0.2, -0.15) is 0 Å². The van der Waals surface area contributed by atoms with Gasteiger partial charge in [-0.25, -0.2) is 4.39 Å². The molecule has 0 aliphatic rings. The smallest absolute Gasteiger partial charge is 0.248 e. The van der Waals surface area contributed by atoms with Crippen LogP contribution in [0.1, 0.15) is 22.3 Å². The first-order valence-corrected chi connectivity index (χ1v) is 8.56. The van der Waals surface area contributed by atoms with Crippen molar-refractivity contribution >= 4 is 29.3 Å². The topological polar surface area (TPSA) is 81.4 Å². The number of anilines is 1. The van der Waals surface area contributed by atoms with Crippen LogP contribution in [0.4, 0.5) is 10.1 Å². The fourth-order valence-electron chi connectivity index (χ4n) is 2.10. The number of ether oxygens (including phenoxy) is 1. The zero-order valence-electron chi connectivity index (χ0n) is 14.0. The number of nitrogens with one attached hydrogen (secondary N) is 1. The molecule has 25 heavy (non-hydrogen) atoms. The minimum Gasteiger partial charge on any atom is -0.497 e. The zero-order valence-corrected chi connectivity index (χ0v) is 14.8. The van der Waals surface area contributed by atoms with Gasteiger partial charge in [0.05, 0.1) is 7.11 Å². The fraction of sp³-hybridized carbons (Fsp3) is 0.222. The van der Waals surface area contributed by atoms with Crippen molar-refractivity contribution in [3.63, 3.8) is 0 Å². The van der Waals surface area contributed by atoms with Gasteiger partial charge in [0, 0.05) is 33.9 Å². The van der Waals surface area contributed by atoms with Gasteiger partial charge < -0.3 is 15.8 Å². The van der Waals surface area contributed by atoms with Crippen LogP contribution >= 0.6 is 11.8 Å². The number of thioether (sulfide) groups is 1. The molecule has 0 spiro atoms. The van der Waals surface area contributed by atoms with E-state index in [9.17, 15) is 14.0 Å². The van der Waals surface area contributed by atoms with Crippen molar-refractivity contribution in [1.82, 2.24) is 0 Å². The lowest BCUT2D eigenvalue weighted by Gasteiger charge is -2.11. The van der Waals surface area contributed by atoms with Crippen LogP contribution in [0.5, 0.6) is 5.75 Å². The molecule has 5 nitrogen and oxygen atoms in total. The average molecular weight is 362 g/mol. The molecule has 0 aromatic heterocycles. The van der Waals surface area contributed by atoms with E-state index in [-0.39, 0.29) is 29.1 Å². The summed E-state index contributed by atoms with van der Waals surface area (Å²) in [5.41, 5.74) is 5.71. The van der Waals surface area contributed by atoms with Gasteiger partial charge >= 0.3 is 0 Å². The van der Waals surface area contributed by atoms with Gasteiger partial charge in [-0.1, -0.05) is 0 Å². The molecule has 2 amide bonds. The van der Waals surface area contributed by atoms with Crippen LogP contribution in [-0.2, 0) is 4.79 Å². The second-order valence-corrected chi connectivity index (χ2v) is 6.49. The summed E-state index contributed by atoms with van der Waals surface area (Å²) in [6.45, 7) is 1.53. The Hall–Kier alpha value is -2.54. The monoisotopic (exact) mass is 362 g/mol. The molecule has 2 aromatic rings. The number of primary amides is 1. The molecular weight excluding hydrogens is 343 g/mol. The van der Waals surface area contributed by atoms with E-state index in [1.165, 1.54) is 24.8 Å². The Kier molecular flexibility index (Phi) is 6.41. The van der Waals surface area contributed by atoms with Gasteiger partial charge in [-0.05, 0) is 43.3 Å². The third kappa shape index (κ3) is 5.22. The number of hydrogen-bond donors (Lipinski definition) is 2. The van der Waals surface area contributed by atoms with Gasteiger partial charge in [-0.15, -0.1) is 11.8 Å². The van der Waals surface area contributed by atoms with Crippen molar-refractivity contribution in [1.29, 1.82) is 0 Å². The maximum atomic E-state index is 13.8. The van der Waals surface area contributed by atoms with Gasteiger partial charge in [0.15, 0.2) is 0 Å². The minimum absolute atomic E-state index is 0.0195. The van der Waals surface area contributed by atoms with Crippen LogP contribution in [0.25, 0.3) is 0 Å². The van der Waals surface area contributed by atoms with Gasteiger partial charge in [0.1, 0.15) is 11.6 Å². The Bertz CT molecular complexity index is 779. The molecule has 0 aliphatic heterocycles. The highest BCUT2D eigenvalue weighted by molar-refractivity contribution is 7.99. The van der Waals surface area contributed by atoms with E-state index >= 15 is 0 Å². The number of nitrogens with two attached hydrogens (primary N) is 1. The second-order valence-electron chi connectivity index (χ2n) is 5.32. The molecule has 132 valence electrons. The van der Waals surface area contributed by atoms with Gasteiger partial charge in [0.25, 0.3) is 0 Å². The quantitative estimate of drug-likeness (QED) is 0.740. The predicted octanol–water partition coefficient (Wildman–Crippen LogP) is 3.36. The van der Waals surface area contributed by atoms with Crippen LogP contribution in [0.15, 0.2) is 41.3 Å². The molecule has 0 heterocycles. The third-order valence-corrected chi connectivity index (χ3v) is 4.57. The molecule has 7 heteroatoms. The zero-order chi connectivity index (χ0) is 18.4. The van der Waals surface area contributed by atoms with Crippen molar-refractivity contribution in [2.45, 2.75) is 18.2 Å². The first-order chi connectivity index (χ1) is 11.9. The lowest BCUT2D eigenvalue weighted by Crippen LogP contribution is -2.16. The lowest BCUT2D eigenvalue weighted by molar-refractivity contribution is -0.115. The number of carbonyl (C=O) groups is 2. The Labute approximate surface area is 149 Å². The van der Waals surface area contributed by atoms with Crippen LogP contribution in [0.2, 0.25) is 0 Å². The van der Waals surface area contributed by atoms with Crippen LogP contribution in [0.3, 0.4) is 0 Å². The molecule has 3 N–H and O–H groups in total. The molecular formula is C18H19FN2O3S. The van der Waals surface area contributed by atoms with Gasteiger partial charge in [0.2, 0.25) is 11.8 Å². The van der Waals surface area contributed by atoms with Crippen LogP contribution in [-0.4, -0.2) is 24.7 Å². The number of amides is 2. The number of hydrogen-bond acceptors (Lipinski definition) is 4. The Morgan fingerprint density at radius 2 is 1.92 bits per heavy atom. The standard InChI is InChI=1S/C18H19FN2O3S/c1-11-15(19)9-12(18(20)23)10-16(11)21-17(22)7-8-25-14-5-3-13(24-2)4-6-14/h3-6,9-10H,7-8H2,1-2H3,(H2,20,23)(H,21,22). The largest absolute Gasteiger partial charge is 0.497 e. The van der Waals surface area contributed by atoms with E-state index in [4.69, 9.17) is 10.5 Å². The number of benzene rings is 2.